The summed E-state index contributed by atoms with van der Waals surface area (Å²) in [6, 6.07) is 7.68. The predicted molar refractivity (Wildman–Crippen MR) is 106 cm³/mol. The molecular weight excluding hydrogens is 312 g/mol. The minimum atomic E-state index is -0.00516. The SMILES string of the molecule is CCCCCNC(=NCc1ccc(C(=O)NCCCC)cc1)NCC. The summed E-state index contributed by atoms with van der Waals surface area (Å²) >= 11 is 0. The van der Waals surface area contributed by atoms with E-state index in [1.54, 1.807) is 0 Å². The summed E-state index contributed by atoms with van der Waals surface area (Å²) in [7, 11) is 0. The minimum Gasteiger partial charge on any atom is -0.357 e. The van der Waals surface area contributed by atoms with Crippen molar-refractivity contribution in [3.05, 3.63) is 35.4 Å². The van der Waals surface area contributed by atoms with Gasteiger partial charge in [0, 0.05) is 25.2 Å². The number of nitrogens with zero attached hydrogens (tertiary/aromatic N) is 1. The average molecular weight is 347 g/mol. The molecule has 0 saturated carbocycles. The first-order valence-electron chi connectivity index (χ1n) is 9.60. The molecule has 140 valence electrons. The van der Waals surface area contributed by atoms with E-state index in [1.807, 2.05) is 24.3 Å². The lowest BCUT2D eigenvalue weighted by atomic mass is 10.1. The van der Waals surface area contributed by atoms with Crippen LogP contribution in [0.5, 0.6) is 0 Å². The van der Waals surface area contributed by atoms with Crippen LogP contribution in [0.15, 0.2) is 29.3 Å². The van der Waals surface area contributed by atoms with Gasteiger partial charge >= 0.3 is 0 Å². The van der Waals surface area contributed by atoms with Crippen molar-refractivity contribution < 1.29 is 4.79 Å². The third-order valence-corrected chi connectivity index (χ3v) is 3.87. The lowest BCUT2D eigenvalue weighted by Crippen LogP contribution is -2.37. The molecule has 0 aliphatic carbocycles. The molecule has 0 bridgehead atoms. The summed E-state index contributed by atoms with van der Waals surface area (Å²) in [5, 5.41) is 9.55. The zero-order chi connectivity index (χ0) is 18.3. The zero-order valence-corrected chi connectivity index (χ0v) is 16.0. The Bertz CT molecular complexity index is 511. The second kappa shape index (κ2) is 13.3. The van der Waals surface area contributed by atoms with Crippen LogP contribution in [0, 0.1) is 0 Å². The quantitative estimate of drug-likeness (QED) is 0.327. The Labute approximate surface area is 152 Å². The van der Waals surface area contributed by atoms with Crippen LogP contribution >= 0.6 is 0 Å². The molecule has 0 unspecified atom stereocenters. The summed E-state index contributed by atoms with van der Waals surface area (Å²) in [4.78, 5) is 16.6. The maximum absolute atomic E-state index is 12.0. The van der Waals surface area contributed by atoms with Gasteiger partial charge in [0.25, 0.3) is 5.91 Å². The van der Waals surface area contributed by atoms with Crippen LogP contribution in [0.2, 0.25) is 0 Å². The van der Waals surface area contributed by atoms with Gasteiger partial charge in [0.1, 0.15) is 0 Å². The van der Waals surface area contributed by atoms with E-state index in [2.05, 4.69) is 41.7 Å². The van der Waals surface area contributed by atoms with Gasteiger partial charge in [-0.15, -0.1) is 0 Å². The Morgan fingerprint density at radius 2 is 1.56 bits per heavy atom. The summed E-state index contributed by atoms with van der Waals surface area (Å²) < 4.78 is 0. The van der Waals surface area contributed by atoms with Crippen molar-refractivity contribution in [1.29, 1.82) is 0 Å². The predicted octanol–water partition coefficient (Wildman–Crippen LogP) is 3.46. The number of hydrogen-bond acceptors (Lipinski definition) is 2. The molecule has 5 heteroatoms. The van der Waals surface area contributed by atoms with Gasteiger partial charge in [0.15, 0.2) is 5.96 Å². The van der Waals surface area contributed by atoms with E-state index in [0.717, 1.165) is 50.4 Å². The first-order valence-corrected chi connectivity index (χ1v) is 9.60. The van der Waals surface area contributed by atoms with Crippen LogP contribution in [0.1, 0.15) is 68.8 Å². The summed E-state index contributed by atoms with van der Waals surface area (Å²) in [5.41, 5.74) is 1.80. The van der Waals surface area contributed by atoms with Crippen LogP contribution in [0.25, 0.3) is 0 Å². The molecule has 1 amide bonds. The largest absolute Gasteiger partial charge is 0.357 e. The van der Waals surface area contributed by atoms with Crippen LogP contribution in [0.3, 0.4) is 0 Å². The molecule has 0 heterocycles. The molecular formula is C20H34N4O. The van der Waals surface area contributed by atoms with Gasteiger partial charge in [0.2, 0.25) is 0 Å². The number of rotatable bonds is 11. The molecule has 0 radical (unpaired) electrons. The zero-order valence-electron chi connectivity index (χ0n) is 16.0. The number of guanidine groups is 1. The molecule has 0 fully saturated rings. The number of nitrogens with one attached hydrogen (secondary N) is 3. The Kier molecular flexibility index (Phi) is 11.2. The molecule has 0 saturated heterocycles. The molecule has 1 rings (SSSR count). The van der Waals surface area contributed by atoms with E-state index < -0.39 is 0 Å². The monoisotopic (exact) mass is 346 g/mol. The highest BCUT2D eigenvalue weighted by Crippen LogP contribution is 2.06. The molecule has 1 aromatic rings. The van der Waals surface area contributed by atoms with Crippen LogP contribution in [-0.2, 0) is 6.54 Å². The van der Waals surface area contributed by atoms with Crippen molar-refractivity contribution in [2.45, 2.75) is 59.4 Å². The number of amides is 1. The maximum Gasteiger partial charge on any atom is 0.251 e. The second-order valence-corrected chi connectivity index (χ2v) is 6.14. The number of unbranched alkanes of at least 4 members (excludes halogenated alkanes) is 3. The van der Waals surface area contributed by atoms with E-state index in [4.69, 9.17) is 0 Å². The van der Waals surface area contributed by atoms with Crippen molar-refractivity contribution in [1.82, 2.24) is 16.0 Å². The van der Waals surface area contributed by atoms with Gasteiger partial charge in [-0.05, 0) is 37.5 Å². The molecule has 0 spiro atoms. The Morgan fingerprint density at radius 1 is 0.880 bits per heavy atom. The third-order valence-electron chi connectivity index (χ3n) is 3.87. The van der Waals surface area contributed by atoms with Crippen molar-refractivity contribution in [3.8, 4) is 0 Å². The fraction of sp³-hybridized carbons (Fsp3) is 0.600. The van der Waals surface area contributed by atoms with E-state index in [9.17, 15) is 4.79 Å². The van der Waals surface area contributed by atoms with Crippen LogP contribution < -0.4 is 16.0 Å². The number of carbonyl (C=O) groups excluding carboxylic acids is 1. The van der Waals surface area contributed by atoms with Crippen molar-refractivity contribution in [3.63, 3.8) is 0 Å². The minimum absolute atomic E-state index is 0.00516. The van der Waals surface area contributed by atoms with Crippen molar-refractivity contribution >= 4 is 11.9 Å². The highest BCUT2D eigenvalue weighted by atomic mass is 16.1. The lowest BCUT2D eigenvalue weighted by molar-refractivity contribution is 0.0953. The van der Waals surface area contributed by atoms with E-state index in [-0.39, 0.29) is 5.91 Å². The highest BCUT2D eigenvalue weighted by molar-refractivity contribution is 5.94. The normalized spacial score (nSPS) is 11.2. The number of carbonyl (C=O) groups is 1. The van der Waals surface area contributed by atoms with Crippen molar-refractivity contribution in [2.75, 3.05) is 19.6 Å². The summed E-state index contributed by atoms with van der Waals surface area (Å²) in [6.45, 7) is 9.50. The molecule has 25 heavy (non-hydrogen) atoms. The molecule has 5 nitrogen and oxygen atoms in total. The van der Waals surface area contributed by atoms with E-state index >= 15 is 0 Å². The van der Waals surface area contributed by atoms with Gasteiger partial charge in [-0.2, -0.15) is 0 Å². The third kappa shape index (κ3) is 9.13. The molecule has 0 atom stereocenters. The Hall–Kier alpha value is -2.04. The Morgan fingerprint density at radius 3 is 2.20 bits per heavy atom. The summed E-state index contributed by atoms with van der Waals surface area (Å²) in [5.74, 6) is 0.842. The van der Waals surface area contributed by atoms with E-state index in [1.165, 1.54) is 12.8 Å². The van der Waals surface area contributed by atoms with Gasteiger partial charge in [-0.3, -0.25) is 4.79 Å². The number of aliphatic imine (C=N–C) groups is 1. The lowest BCUT2D eigenvalue weighted by Gasteiger charge is -2.11. The van der Waals surface area contributed by atoms with Gasteiger partial charge in [-0.1, -0.05) is 45.2 Å². The number of benzene rings is 1. The topological polar surface area (TPSA) is 65.5 Å². The Balaban J connectivity index is 2.52. The maximum atomic E-state index is 12.0. The molecule has 1 aromatic carbocycles. The molecule has 3 N–H and O–H groups in total. The van der Waals surface area contributed by atoms with Crippen LogP contribution in [0.4, 0.5) is 0 Å². The summed E-state index contributed by atoms with van der Waals surface area (Å²) in [6.07, 6.45) is 5.69. The van der Waals surface area contributed by atoms with E-state index in [0.29, 0.717) is 12.1 Å². The molecule has 0 aliphatic rings. The molecule has 0 aromatic heterocycles. The fourth-order valence-corrected chi connectivity index (χ4v) is 2.34. The average Bonchev–Trinajstić information content (AvgIpc) is 2.63. The van der Waals surface area contributed by atoms with Gasteiger partial charge < -0.3 is 16.0 Å². The van der Waals surface area contributed by atoms with Gasteiger partial charge in [-0.25, -0.2) is 4.99 Å². The second-order valence-electron chi connectivity index (χ2n) is 6.14. The van der Waals surface area contributed by atoms with Crippen molar-refractivity contribution in [2.24, 2.45) is 4.99 Å². The molecule has 0 aliphatic heterocycles. The van der Waals surface area contributed by atoms with Crippen LogP contribution in [-0.4, -0.2) is 31.5 Å². The first kappa shape index (κ1) is 21.0. The fourth-order valence-electron chi connectivity index (χ4n) is 2.34. The highest BCUT2D eigenvalue weighted by Gasteiger charge is 2.04. The first-order chi connectivity index (χ1) is 12.2. The standard InChI is InChI=1S/C20H34N4O/c1-4-7-9-15-23-20(21-6-3)24-16-17-10-12-18(13-11-17)19(25)22-14-8-5-2/h10-13H,4-9,14-16H2,1-3H3,(H,22,25)(H2,21,23,24). The smallest absolute Gasteiger partial charge is 0.251 e. The number of hydrogen-bond donors (Lipinski definition) is 3. The van der Waals surface area contributed by atoms with Gasteiger partial charge in [0.05, 0.1) is 6.54 Å².